The molecule has 0 aliphatic carbocycles. The first-order chi connectivity index (χ1) is 8.29. The SMILES string of the molecule is CC(Oc1ccc(CN)cc1)c1ccccc1.Cl. The topological polar surface area (TPSA) is 35.2 Å². The monoisotopic (exact) mass is 263 g/mol. The van der Waals surface area contributed by atoms with Gasteiger partial charge in [-0.05, 0) is 30.2 Å². The van der Waals surface area contributed by atoms with Crippen molar-refractivity contribution in [2.45, 2.75) is 19.6 Å². The second-order valence-corrected chi connectivity index (χ2v) is 4.02. The Balaban J connectivity index is 0.00000162. The summed E-state index contributed by atoms with van der Waals surface area (Å²) >= 11 is 0. The largest absolute Gasteiger partial charge is 0.486 e. The van der Waals surface area contributed by atoms with Crippen molar-refractivity contribution in [3.63, 3.8) is 0 Å². The molecule has 0 saturated carbocycles. The van der Waals surface area contributed by atoms with Crippen LogP contribution in [0, 0.1) is 0 Å². The van der Waals surface area contributed by atoms with Gasteiger partial charge in [-0.1, -0.05) is 42.5 Å². The van der Waals surface area contributed by atoms with Gasteiger partial charge in [-0.25, -0.2) is 0 Å². The number of hydrogen-bond acceptors (Lipinski definition) is 2. The second kappa shape index (κ2) is 7.04. The molecule has 3 heteroatoms. The van der Waals surface area contributed by atoms with Gasteiger partial charge in [0, 0.05) is 6.54 Å². The van der Waals surface area contributed by atoms with Crippen LogP contribution in [0.4, 0.5) is 0 Å². The molecule has 2 rings (SSSR count). The molecule has 0 bridgehead atoms. The summed E-state index contributed by atoms with van der Waals surface area (Å²) in [7, 11) is 0. The summed E-state index contributed by atoms with van der Waals surface area (Å²) in [5, 5.41) is 0. The van der Waals surface area contributed by atoms with Crippen LogP contribution >= 0.6 is 12.4 Å². The smallest absolute Gasteiger partial charge is 0.121 e. The Morgan fingerprint density at radius 1 is 1.00 bits per heavy atom. The number of hydrogen-bond donors (Lipinski definition) is 1. The lowest BCUT2D eigenvalue weighted by molar-refractivity contribution is 0.227. The molecule has 2 N–H and O–H groups in total. The Hall–Kier alpha value is -1.51. The molecule has 2 aromatic rings. The van der Waals surface area contributed by atoms with E-state index in [4.69, 9.17) is 10.5 Å². The number of ether oxygens (including phenoxy) is 1. The molecule has 2 aromatic carbocycles. The highest BCUT2D eigenvalue weighted by atomic mass is 35.5. The fraction of sp³-hybridized carbons (Fsp3) is 0.200. The standard InChI is InChI=1S/C15H17NO.ClH/c1-12(14-5-3-2-4-6-14)17-15-9-7-13(11-16)8-10-15;/h2-10,12H,11,16H2,1H3;1H. The summed E-state index contributed by atoms with van der Waals surface area (Å²) in [6, 6.07) is 18.1. The predicted molar refractivity (Wildman–Crippen MR) is 77.1 cm³/mol. The zero-order chi connectivity index (χ0) is 12.1. The van der Waals surface area contributed by atoms with E-state index in [0.717, 1.165) is 11.3 Å². The van der Waals surface area contributed by atoms with E-state index < -0.39 is 0 Å². The van der Waals surface area contributed by atoms with Crippen molar-refractivity contribution in [2.24, 2.45) is 5.73 Å². The summed E-state index contributed by atoms with van der Waals surface area (Å²) in [6.07, 6.45) is 0.0555. The zero-order valence-electron chi connectivity index (χ0n) is 10.4. The van der Waals surface area contributed by atoms with Gasteiger partial charge in [0.15, 0.2) is 0 Å². The van der Waals surface area contributed by atoms with Crippen LogP contribution in [0.1, 0.15) is 24.2 Å². The highest BCUT2D eigenvalue weighted by Gasteiger charge is 2.05. The molecule has 0 aliphatic rings. The third kappa shape index (κ3) is 3.76. The molecular weight excluding hydrogens is 246 g/mol. The predicted octanol–water partition coefficient (Wildman–Crippen LogP) is 3.71. The normalized spacial score (nSPS) is 11.4. The average molecular weight is 264 g/mol. The summed E-state index contributed by atoms with van der Waals surface area (Å²) in [5.41, 5.74) is 7.84. The minimum absolute atomic E-state index is 0. The van der Waals surface area contributed by atoms with Crippen LogP contribution in [0.25, 0.3) is 0 Å². The maximum Gasteiger partial charge on any atom is 0.121 e. The van der Waals surface area contributed by atoms with Gasteiger partial charge in [-0.3, -0.25) is 0 Å². The van der Waals surface area contributed by atoms with Crippen molar-refractivity contribution in [1.82, 2.24) is 0 Å². The molecule has 1 atom stereocenters. The maximum atomic E-state index is 5.86. The molecule has 0 heterocycles. The zero-order valence-corrected chi connectivity index (χ0v) is 11.2. The lowest BCUT2D eigenvalue weighted by Gasteiger charge is -2.15. The minimum Gasteiger partial charge on any atom is -0.486 e. The maximum absolute atomic E-state index is 5.86. The molecule has 2 nitrogen and oxygen atoms in total. The van der Waals surface area contributed by atoms with Crippen LogP contribution < -0.4 is 10.5 Å². The van der Waals surface area contributed by atoms with Gasteiger partial charge >= 0.3 is 0 Å². The average Bonchev–Trinajstić information content (AvgIpc) is 2.40. The van der Waals surface area contributed by atoms with Gasteiger partial charge in [-0.15, -0.1) is 12.4 Å². The van der Waals surface area contributed by atoms with Crippen molar-refractivity contribution >= 4 is 12.4 Å². The van der Waals surface area contributed by atoms with Gasteiger partial charge in [0.05, 0.1) is 0 Å². The van der Waals surface area contributed by atoms with Gasteiger partial charge < -0.3 is 10.5 Å². The van der Waals surface area contributed by atoms with Gasteiger partial charge in [-0.2, -0.15) is 0 Å². The molecule has 18 heavy (non-hydrogen) atoms. The van der Waals surface area contributed by atoms with Crippen LogP contribution in [-0.4, -0.2) is 0 Å². The Bertz CT molecular complexity index is 456. The molecule has 0 saturated heterocycles. The third-order valence-electron chi connectivity index (χ3n) is 2.74. The minimum atomic E-state index is 0. The number of nitrogens with two attached hydrogens (primary N) is 1. The Morgan fingerprint density at radius 2 is 1.61 bits per heavy atom. The first kappa shape index (κ1) is 14.6. The highest BCUT2D eigenvalue weighted by Crippen LogP contribution is 2.21. The van der Waals surface area contributed by atoms with E-state index in [1.165, 1.54) is 5.56 Å². The molecule has 0 spiro atoms. The fourth-order valence-corrected chi connectivity index (χ4v) is 1.70. The molecular formula is C15H18ClNO. The van der Waals surface area contributed by atoms with Crippen molar-refractivity contribution in [3.05, 3.63) is 65.7 Å². The van der Waals surface area contributed by atoms with E-state index in [1.807, 2.05) is 49.4 Å². The fourth-order valence-electron chi connectivity index (χ4n) is 1.70. The summed E-state index contributed by atoms with van der Waals surface area (Å²) < 4.78 is 5.86. The molecule has 96 valence electrons. The van der Waals surface area contributed by atoms with E-state index >= 15 is 0 Å². The molecule has 0 aliphatic heterocycles. The van der Waals surface area contributed by atoms with Gasteiger partial charge in [0.1, 0.15) is 11.9 Å². The van der Waals surface area contributed by atoms with Crippen molar-refractivity contribution in [2.75, 3.05) is 0 Å². The van der Waals surface area contributed by atoms with E-state index in [9.17, 15) is 0 Å². The van der Waals surface area contributed by atoms with Crippen LogP contribution in [0.5, 0.6) is 5.75 Å². The van der Waals surface area contributed by atoms with Gasteiger partial charge in [0.2, 0.25) is 0 Å². The Kier molecular flexibility index (Phi) is 5.69. The van der Waals surface area contributed by atoms with E-state index in [2.05, 4.69) is 12.1 Å². The highest BCUT2D eigenvalue weighted by molar-refractivity contribution is 5.85. The second-order valence-electron chi connectivity index (χ2n) is 4.02. The third-order valence-corrected chi connectivity index (χ3v) is 2.74. The molecule has 0 radical (unpaired) electrons. The molecule has 1 unspecified atom stereocenters. The van der Waals surface area contributed by atoms with Crippen molar-refractivity contribution in [1.29, 1.82) is 0 Å². The summed E-state index contributed by atoms with van der Waals surface area (Å²) in [5.74, 6) is 0.874. The number of benzene rings is 2. The van der Waals surface area contributed by atoms with Crippen LogP contribution in [0.15, 0.2) is 54.6 Å². The van der Waals surface area contributed by atoms with E-state index in [0.29, 0.717) is 6.54 Å². The van der Waals surface area contributed by atoms with Crippen LogP contribution in [0.2, 0.25) is 0 Å². The Morgan fingerprint density at radius 3 is 2.17 bits per heavy atom. The summed E-state index contributed by atoms with van der Waals surface area (Å²) in [4.78, 5) is 0. The molecule has 0 aromatic heterocycles. The quantitative estimate of drug-likeness (QED) is 0.913. The van der Waals surface area contributed by atoms with Gasteiger partial charge in [0.25, 0.3) is 0 Å². The van der Waals surface area contributed by atoms with Crippen molar-refractivity contribution in [3.8, 4) is 5.75 Å². The lowest BCUT2D eigenvalue weighted by Crippen LogP contribution is -2.03. The van der Waals surface area contributed by atoms with Crippen LogP contribution in [0.3, 0.4) is 0 Å². The lowest BCUT2D eigenvalue weighted by atomic mass is 10.1. The Labute approximate surface area is 114 Å². The molecule has 0 amide bonds. The summed E-state index contributed by atoms with van der Waals surface area (Å²) in [6.45, 7) is 2.61. The first-order valence-corrected chi connectivity index (χ1v) is 5.80. The first-order valence-electron chi connectivity index (χ1n) is 5.80. The van der Waals surface area contributed by atoms with E-state index in [1.54, 1.807) is 0 Å². The van der Waals surface area contributed by atoms with E-state index in [-0.39, 0.29) is 18.5 Å². The number of halogens is 1. The number of rotatable bonds is 4. The molecule has 0 fully saturated rings. The van der Waals surface area contributed by atoms with Crippen molar-refractivity contribution < 1.29 is 4.74 Å². The van der Waals surface area contributed by atoms with Crippen LogP contribution in [-0.2, 0) is 6.54 Å².